The number of hydrogen-bond donors (Lipinski definition) is 1. The van der Waals surface area contributed by atoms with Crippen LogP contribution in [0.3, 0.4) is 0 Å². The molecular formula is C14H24N2O2S. The summed E-state index contributed by atoms with van der Waals surface area (Å²) in [5, 5.41) is 2.85. The first-order valence-electron chi connectivity index (χ1n) is 7.21. The van der Waals surface area contributed by atoms with Crippen molar-refractivity contribution in [1.82, 2.24) is 10.2 Å². The predicted molar refractivity (Wildman–Crippen MR) is 78.1 cm³/mol. The van der Waals surface area contributed by atoms with Crippen molar-refractivity contribution in [2.45, 2.75) is 63.3 Å². The zero-order valence-electron chi connectivity index (χ0n) is 12.1. The fourth-order valence-corrected chi connectivity index (χ4v) is 4.21. The average Bonchev–Trinajstić information content (AvgIpc) is 2.79. The monoisotopic (exact) mass is 284 g/mol. The molecule has 4 nitrogen and oxygen atoms in total. The number of nitrogens with zero attached hydrogens (tertiary/aromatic N) is 1. The van der Waals surface area contributed by atoms with Gasteiger partial charge in [-0.25, -0.2) is 0 Å². The lowest BCUT2D eigenvalue weighted by atomic mass is 9.99. The molecule has 2 fully saturated rings. The summed E-state index contributed by atoms with van der Waals surface area (Å²) in [6.07, 6.45) is 3.99. The molecule has 1 N–H and O–H groups in total. The molecule has 0 aliphatic carbocycles. The van der Waals surface area contributed by atoms with Crippen molar-refractivity contribution in [2.75, 3.05) is 12.3 Å². The minimum atomic E-state index is -0.335. The molecule has 0 aromatic heterocycles. The number of carbonyl (C=O) groups is 2. The molecule has 5 heteroatoms. The average molecular weight is 284 g/mol. The van der Waals surface area contributed by atoms with Crippen molar-refractivity contribution in [1.29, 1.82) is 0 Å². The number of rotatable bonds is 4. The van der Waals surface area contributed by atoms with Gasteiger partial charge in [-0.15, -0.1) is 0 Å². The van der Waals surface area contributed by atoms with Crippen molar-refractivity contribution in [2.24, 2.45) is 0 Å². The zero-order chi connectivity index (χ0) is 14.0. The van der Waals surface area contributed by atoms with E-state index in [0.717, 1.165) is 25.0 Å². The Morgan fingerprint density at radius 3 is 2.79 bits per heavy atom. The second-order valence-electron chi connectivity index (χ2n) is 5.89. The van der Waals surface area contributed by atoms with E-state index in [2.05, 4.69) is 12.2 Å². The fraction of sp³-hybridized carbons (Fsp3) is 0.857. The number of piperazine rings is 1. The lowest BCUT2D eigenvalue weighted by Crippen LogP contribution is -2.64. The highest BCUT2D eigenvalue weighted by Gasteiger charge is 2.42. The summed E-state index contributed by atoms with van der Waals surface area (Å²) in [6, 6.07) is -0.651. The fourth-order valence-electron chi connectivity index (χ4n) is 2.91. The van der Waals surface area contributed by atoms with Gasteiger partial charge in [-0.05, 0) is 38.9 Å². The van der Waals surface area contributed by atoms with Gasteiger partial charge in [0.2, 0.25) is 11.8 Å². The first-order valence-corrected chi connectivity index (χ1v) is 8.20. The van der Waals surface area contributed by atoms with Gasteiger partial charge >= 0.3 is 0 Å². The Kier molecular flexibility index (Phi) is 4.43. The maximum Gasteiger partial charge on any atom is 0.245 e. The molecule has 0 aromatic carbocycles. The van der Waals surface area contributed by atoms with Gasteiger partial charge in [-0.2, -0.15) is 11.8 Å². The molecule has 0 saturated carbocycles. The lowest BCUT2D eigenvalue weighted by molar-refractivity contribution is -0.149. The zero-order valence-corrected chi connectivity index (χ0v) is 12.9. The number of hydrogen-bond acceptors (Lipinski definition) is 3. The highest BCUT2D eigenvalue weighted by Crippen LogP contribution is 2.39. The molecule has 2 amide bonds. The van der Waals surface area contributed by atoms with Crippen LogP contribution in [-0.4, -0.2) is 45.8 Å². The molecule has 2 aliphatic heterocycles. The van der Waals surface area contributed by atoms with E-state index >= 15 is 0 Å². The Morgan fingerprint density at radius 2 is 2.21 bits per heavy atom. The van der Waals surface area contributed by atoms with Crippen molar-refractivity contribution in [3.63, 3.8) is 0 Å². The molecule has 0 aromatic rings. The summed E-state index contributed by atoms with van der Waals surface area (Å²) in [5.74, 6) is 1.25. The van der Waals surface area contributed by atoms with Crippen LogP contribution in [0.1, 0.15) is 46.5 Å². The largest absolute Gasteiger partial charge is 0.343 e. The molecule has 0 radical (unpaired) electrons. The molecule has 2 heterocycles. The Bertz CT molecular complexity index is 366. The Balaban J connectivity index is 2.11. The van der Waals surface area contributed by atoms with Gasteiger partial charge in [0.15, 0.2) is 0 Å². The summed E-state index contributed by atoms with van der Waals surface area (Å²) >= 11 is 1.93. The molecule has 3 unspecified atom stereocenters. The van der Waals surface area contributed by atoms with Gasteiger partial charge in [0.25, 0.3) is 0 Å². The molecule has 2 saturated heterocycles. The summed E-state index contributed by atoms with van der Waals surface area (Å²) in [6.45, 7) is 6.78. The van der Waals surface area contributed by atoms with Crippen molar-refractivity contribution >= 4 is 23.6 Å². The molecule has 2 aliphatic rings. The number of thioether (sulfide) groups is 1. The second-order valence-corrected chi connectivity index (χ2v) is 7.58. The van der Waals surface area contributed by atoms with Gasteiger partial charge in [-0.3, -0.25) is 9.59 Å². The Hall–Kier alpha value is -0.710. The standard InChI is InChI=1S/C14H24N2O2S/c1-4-6-11-13(18)16(10(2)12(17)15-11)9-14(3)7-5-8-19-14/h10-11H,4-9H2,1-3H3,(H,15,17). The molecule has 0 bridgehead atoms. The van der Waals surface area contributed by atoms with E-state index < -0.39 is 0 Å². The predicted octanol–water partition coefficient (Wildman–Crippen LogP) is 1.79. The Labute approximate surface area is 119 Å². The Morgan fingerprint density at radius 1 is 1.47 bits per heavy atom. The van der Waals surface area contributed by atoms with E-state index in [1.54, 1.807) is 4.90 Å². The van der Waals surface area contributed by atoms with Crippen molar-refractivity contribution in [3.8, 4) is 0 Å². The highest BCUT2D eigenvalue weighted by molar-refractivity contribution is 8.00. The lowest BCUT2D eigenvalue weighted by Gasteiger charge is -2.41. The topological polar surface area (TPSA) is 49.4 Å². The van der Waals surface area contributed by atoms with Crippen LogP contribution in [0, 0.1) is 0 Å². The van der Waals surface area contributed by atoms with Crippen LogP contribution >= 0.6 is 11.8 Å². The van der Waals surface area contributed by atoms with Crippen LogP contribution in [0.4, 0.5) is 0 Å². The minimum absolute atomic E-state index is 0.00959. The molecule has 0 spiro atoms. The van der Waals surface area contributed by atoms with Gasteiger partial charge in [-0.1, -0.05) is 13.3 Å². The maximum atomic E-state index is 12.5. The molecular weight excluding hydrogens is 260 g/mol. The highest BCUT2D eigenvalue weighted by atomic mass is 32.2. The molecule has 2 rings (SSSR count). The van der Waals surface area contributed by atoms with Crippen molar-refractivity contribution < 1.29 is 9.59 Å². The van der Waals surface area contributed by atoms with Gasteiger partial charge in [0.05, 0.1) is 0 Å². The van der Waals surface area contributed by atoms with Gasteiger partial charge < -0.3 is 10.2 Å². The molecule has 3 atom stereocenters. The third-order valence-electron chi connectivity index (χ3n) is 4.13. The van der Waals surface area contributed by atoms with E-state index in [1.807, 2.05) is 25.6 Å². The van der Waals surface area contributed by atoms with Crippen LogP contribution < -0.4 is 5.32 Å². The van der Waals surface area contributed by atoms with E-state index in [1.165, 1.54) is 6.42 Å². The van der Waals surface area contributed by atoms with Crippen molar-refractivity contribution in [3.05, 3.63) is 0 Å². The van der Waals surface area contributed by atoms with Crippen LogP contribution in [0.15, 0.2) is 0 Å². The van der Waals surface area contributed by atoms with Crippen LogP contribution in [0.25, 0.3) is 0 Å². The van der Waals surface area contributed by atoms with Crippen LogP contribution in [0.5, 0.6) is 0 Å². The smallest absolute Gasteiger partial charge is 0.245 e. The third kappa shape index (κ3) is 3.07. The van der Waals surface area contributed by atoms with E-state index in [0.29, 0.717) is 6.54 Å². The summed E-state index contributed by atoms with van der Waals surface area (Å²) < 4.78 is 0.123. The summed E-state index contributed by atoms with van der Waals surface area (Å²) in [5.41, 5.74) is 0. The molecule has 108 valence electrons. The first kappa shape index (κ1) is 14.7. The number of carbonyl (C=O) groups excluding carboxylic acids is 2. The van der Waals surface area contributed by atoms with Gasteiger partial charge in [0.1, 0.15) is 12.1 Å². The SMILES string of the molecule is CCCC1NC(=O)C(C)N(CC2(C)CCCS2)C1=O. The summed E-state index contributed by atoms with van der Waals surface area (Å²) in [7, 11) is 0. The second kappa shape index (κ2) is 5.73. The van der Waals surface area contributed by atoms with E-state index in [-0.39, 0.29) is 28.6 Å². The number of amides is 2. The first-order chi connectivity index (χ1) is 8.97. The summed E-state index contributed by atoms with van der Waals surface area (Å²) in [4.78, 5) is 26.3. The quantitative estimate of drug-likeness (QED) is 0.856. The number of nitrogens with one attached hydrogen (secondary N) is 1. The van der Waals surface area contributed by atoms with E-state index in [9.17, 15) is 9.59 Å². The minimum Gasteiger partial charge on any atom is -0.343 e. The normalized spacial score (nSPS) is 35.6. The third-order valence-corrected chi connectivity index (χ3v) is 5.65. The maximum absolute atomic E-state index is 12.5. The van der Waals surface area contributed by atoms with E-state index in [4.69, 9.17) is 0 Å². The molecule has 19 heavy (non-hydrogen) atoms. The van der Waals surface area contributed by atoms with Crippen LogP contribution in [0.2, 0.25) is 0 Å². The van der Waals surface area contributed by atoms with Gasteiger partial charge in [0, 0.05) is 11.3 Å². The van der Waals surface area contributed by atoms with Crippen LogP contribution in [-0.2, 0) is 9.59 Å².